The molecule has 2 rings (SSSR count). The third-order valence-electron chi connectivity index (χ3n) is 2.62. The maximum Gasteiger partial charge on any atom is 0.232 e. The standard InChI is InChI=1S/C12H12ClNO3S/c1-2-18(16,17)14-11-7-10(13)12(15)9-6-4-3-5-8(9)11/h3-7,14-15H,2H2,1H3. The van der Waals surface area contributed by atoms with Crippen LogP contribution in [0.25, 0.3) is 10.8 Å². The molecule has 0 aromatic heterocycles. The average molecular weight is 286 g/mol. The molecule has 96 valence electrons. The Morgan fingerprint density at radius 1 is 1.28 bits per heavy atom. The minimum absolute atomic E-state index is 0.0280. The Balaban J connectivity index is 2.68. The zero-order chi connectivity index (χ0) is 13.3. The van der Waals surface area contributed by atoms with Crippen molar-refractivity contribution in [3.63, 3.8) is 0 Å². The topological polar surface area (TPSA) is 66.4 Å². The zero-order valence-corrected chi connectivity index (χ0v) is 11.2. The summed E-state index contributed by atoms with van der Waals surface area (Å²) >= 11 is 5.88. The molecule has 18 heavy (non-hydrogen) atoms. The van der Waals surface area contributed by atoms with Crippen LogP contribution in [0.4, 0.5) is 5.69 Å². The average Bonchev–Trinajstić information content (AvgIpc) is 2.35. The lowest BCUT2D eigenvalue weighted by atomic mass is 10.1. The maximum atomic E-state index is 11.6. The first-order valence-corrected chi connectivity index (χ1v) is 7.38. The van der Waals surface area contributed by atoms with Crippen molar-refractivity contribution in [3.8, 4) is 5.75 Å². The van der Waals surface area contributed by atoms with Crippen LogP contribution in [-0.2, 0) is 10.0 Å². The summed E-state index contributed by atoms with van der Waals surface area (Å²) in [5.74, 6) is -0.0773. The lowest BCUT2D eigenvalue weighted by molar-refractivity contribution is 0.482. The van der Waals surface area contributed by atoms with E-state index in [4.69, 9.17) is 11.6 Å². The molecule has 4 nitrogen and oxygen atoms in total. The number of hydrogen-bond acceptors (Lipinski definition) is 3. The van der Waals surface area contributed by atoms with Crippen molar-refractivity contribution < 1.29 is 13.5 Å². The Kier molecular flexibility index (Phi) is 3.36. The second-order valence-corrected chi connectivity index (χ2v) is 6.22. The van der Waals surface area contributed by atoms with Crippen LogP contribution in [0, 0.1) is 0 Å². The second-order valence-electron chi connectivity index (χ2n) is 3.81. The number of anilines is 1. The van der Waals surface area contributed by atoms with Crippen LogP contribution in [0.1, 0.15) is 6.92 Å². The number of hydrogen-bond donors (Lipinski definition) is 2. The van der Waals surface area contributed by atoms with Gasteiger partial charge in [-0.05, 0) is 13.0 Å². The van der Waals surface area contributed by atoms with E-state index in [-0.39, 0.29) is 16.5 Å². The summed E-state index contributed by atoms with van der Waals surface area (Å²) < 4.78 is 25.6. The lowest BCUT2D eigenvalue weighted by Crippen LogP contribution is -2.14. The van der Waals surface area contributed by atoms with E-state index < -0.39 is 10.0 Å². The smallest absolute Gasteiger partial charge is 0.232 e. The Hall–Kier alpha value is -1.46. The van der Waals surface area contributed by atoms with Gasteiger partial charge in [0, 0.05) is 10.8 Å². The lowest BCUT2D eigenvalue weighted by Gasteiger charge is -2.11. The molecule has 0 saturated heterocycles. The molecule has 2 aromatic carbocycles. The fourth-order valence-corrected chi connectivity index (χ4v) is 2.51. The molecular weight excluding hydrogens is 274 g/mol. The number of aromatic hydroxyl groups is 1. The number of benzene rings is 2. The molecule has 0 unspecified atom stereocenters. The Bertz CT molecular complexity index is 698. The Morgan fingerprint density at radius 3 is 2.50 bits per heavy atom. The molecule has 0 saturated carbocycles. The van der Waals surface area contributed by atoms with Gasteiger partial charge in [0.25, 0.3) is 0 Å². The highest BCUT2D eigenvalue weighted by Gasteiger charge is 2.13. The van der Waals surface area contributed by atoms with E-state index in [1.165, 1.54) is 6.07 Å². The minimum atomic E-state index is -3.38. The van der Waals surface area contributed by atoms with Crippen molar-refractivity contribution in [2.24, 2.45) is 0 Å². The van der Waals surface area contributed by atoms with Crippen LogP contribution in [0.15, 0.2) is 30.3 Å². The summed E-state index contributed by atoms with van der Waals surface area (Å²) in [4.78, 5) is 0. The van der Waals surface area contributed by atoms with Gasteiger partial charge in [0.1, 0.15) is 5.75 Å². The first-order chi connectivity index (χ1) is 8.44. The molecule has 0 atom stereocenters. The van der Waals surface area contributed by atoms with Gasteiger partial charge >= 0.3 is 0 Å². The predicted molar refractivity (Wildman–Crippen MR) is 73.7 cm³/mol. The van der Waals surface area contributed by atoms with E-state index in [1.54, 1.807) is 31.2 Å². The molecular formula is C12H12ClNO3S. The summed E-state index contributed by atoms with van der Waals surface area (Å²) in [6.07, 6.45) is 0. The highest BCUT2D eigenvalue weighted by molar-refractivity contribution is 7.92. The van der Waals surface area contributed by atoms with Crippen LogP contribution in [0.5, 0.6) is 5.75 Å². The largest absolute Gasteiger partial charge is 0.506 e. The van der Waals surface area contributed by atoms with Gasteiger partial charge in [-0.2, -0.15) is 0 Å². The van der Waals surface area contributed by atoms with E-state index in [0.29, 0.717) is 16.5 Å². The molecule has 0 amide bonds. The van der Waals surface area contributed by atoms with E-state index in [9.17, 15) is 13.5 Å². The second kappa shape index (κ2) is 4.66. The Morgan fingerprint density at radius 2 is 1.89 bits per heavy atom. The number of halogens is 1. The number of nitrogens with one attached hydrogen (secondary N) is 1. The number of sulfonamides is 1. The van der Waals surface area contributed by atoms with E-state index in [2.05, 4.69) is 4.72 Å². The van der Waals surface area contributed by atoms with E-state index >= 15 is 0 Å². The van der Waals surface area contributed by atoms with Crippen molar-refractivity contribution in [2.75, 3.05) is 10.5 Å². The van der Waals surface area contributed by atoms with Gasteiger partial charge in [0.15, 0.2) is 0 Å². The molecule has 0 fully saturated rings. The monoisotopic (exact) mass is 285 g/mol. The third kappa shape index (κ3) is 2.37. The van der Waals surface area contributed by atoms with E-state index in [1.807, 2.05) is 0 Å². The van der Waals surface area contributed by atoms with Crippen LogP contribution < -0.4 is 4.72 Å². The minimum Gasteiger partial charge on any atom is -0.506 e. The highest BCUT2D eigenvalue weighted by Crippen LogP contribution is 2.37. The summed E-state index contributed by atoms with van der Waals surface area (Å²) in [6.45, 7) is 1.55. The van der Waals surface area contributed by atoms with Crippen LogP contribution in [0.2, 0.25) is 5.02 Å². The molecule has 2 N–H and O–H groups in total. The van der Waals surface area contributed by atoms with Gasteiger partial charge in [-0.25, -0.2) is 8.42 Å². The predicted octanol–water partition coefficient (Wildman–Crippen LogP) is 2.96. The fraction of sp³-hybridized carbons (Fsp3) is 0.167. The van der Waals surface area contributed by atoms with Crippen LogP contribution in [0.3, 0.4) is 0 Å². The van der Waals surface area contributed by atoms with Crippen LogP contribution in [-0.4, -0.2) is 19.3 Å². The van der Waals surface area contributed by atoms with Crippen molar-refractivity contribution in [3.05, 3.63) is 35.4 Å². The third-order valence-corrected chi connectivity index (χ3v) is 4.19. The van der Waals surface area contributed by atoms with Crippen molar-refractivity contribution >= 4 is 38.1 Å². The van der Waals surface area contributed by atoms with Gasteiger partial charge in [0.05, 0.1) is 16.5 Å². The molecule has 0 spiro atoms. The van der Waals surface area contributed by atoms with Gasteiger partial charge in [-0.15, -0.1) is 0 Å². The van der Waals surface area contributed by atoms with Gasteiger partial charge in [0.2, 0.25) is 10.0 Å². The maximum absolute atomic E-state index is 11.6. The van der Waals surface area contributed by atoms with Crippen molar-refractivity contribution in [1.82, 2.24) is 0 Å². The summed E-state index contributed by atoms with van der Waals surface area (Å²) in [7, 11) is -3.38. The number of phenols is 1. The van der Waals surface area contributed by atoms with Crippen LogP contribution >= 0.6 is 11.6 Å². The molecule has 0 aliphatic rings. The summed E-state index contributed by atoms with van der Waals surface area (Å²) in [5, 5.41) is 11.1. The van der Waals surface area contributed by atoms with Gasteiger partial charge < -0.3 is 5.11 Å². The van der Waals surface area contributed by atoms with E-state index in [0.717, 1.165) is 0 Å². The first-order valence-electron chi connectivity index (χ1n) is 5.35. The molecule has 2 aromatic rings. The first kappa shape index (κ1) is 13.0. The quantitative estimate of drug-likeness (QED) is 0.852. The molecule has 6 heteroatoms. The highest BCUT2D eigenvalue weighted by atomic mass is 35.5. The number of phenolic OH excluding ortho intramolecular Hbond substituents is 1. The van der Waals surface area contributed by atoms with Crippen molar-refractivity contribution in [1.29, 1.82) is 0 Å². The number of rotatable bonds is 3. The van der Waals surface area contributed by atoms with Crippen molar-refractivity contribution in [2.45, 2.75) is 6.92 Å². The molecule has 0 bridgehead atoms. The summed E-state index contributed by atoms with van der Waals surface area (Å²) in [5.41, 5.74) is 0.371. The number of fused-ring (bicyclic) bond motifs is 1. The molecule has 0 aliphatic heterocycles. The SMILES string of the molecule is CCS(=O)(=O)Nc1cc(Cl)c(O)c2ccccc12. The normalized spacial score (nSPS) is 11.7. The molecule has 0 radical (unpaired) electrons. The molecule has 0 heterocycles. The van der Waals surface area contributed by atoms with Gasteiger partial charge in [-0.1, -0.05) is 35.9 Å². The zero-order valence-electron chi connectivity index (χ0n) is 9.64. The Labute approximate surface area is 110 Å². The van der Waals surface area contributed by atoms with Gasteiger partial charge in [-0.3, -0.25) is 4.72 Å². The fourth-order valence-electron chi connectivity index (χ4n) is 1.65. The summed E-state index contributed by atoms with van der Waals surface area (Å²) in [6, 6.07) is 8.32. The molecule has 0 aliphatic carbocycles.